The summed E-state index contributed by atoms with van der Waals surface area (Å²) in [6, 6.07) is 9.95. The maximum atomic E-state index is 12.6. The molecule has 8 nitrogen and oxygen atoms in total. The molecule has 0 radical (unpaired) electrons. The third-order valence-electron chi connectivity index (χ3n) is 4.03. The summed E-state index contributed by atoms with van der Waals surface area (Å²) in [5.41, 5.74) is 1.02. The zero-order valence-corrected chi connectivity index (χ0v) is 16.1. The van der Waals surface area contributed by atoms with E-state index in [0.29, 0.717) is 17.8 Å². The summed E-state index contributed by atoms with van der Waals surface area (Å²) in [7, 11) is -3.96. The highest BCUT2D eigenvalue weighted by molar-refractivity contribution is 7.92. The average molecular weight is 401 g/mol. The molecule has 0 saturated heterocycles. The van der Waals surface area contributed by atoms with E-state index in [9.17, 15) is 22.8 Å². The fourth-order valence-corrected chi connectivity index (χ4v) is 3.82. The number of sulfonamides is 1. The van der Waals surface area contributed by atoms with Crippen LogP contribution in [0.25, 0.3) is 0 Å². The lowest BCUT2D eigenvalue weighted by molar-refractivity contribution is -0.116. The molecule has 0 unspecified atom stereocenters. The predicted molar refractivity (Wildman–Crippen MR) is 104 cm³/mol. The van der Waals surface area contributed by atoms with Crippen LogP contribution in [0.5, 0.6) is 0 Å². The molecule has 1 heterocycles. The third-order valence-corrected chi connectivity index (χ3v) is 5.41. The lowest BCUT2D eigenvalue weighted by atomic mass is 10.1. The highest BCUT2D eigenvalue weighted by Crippen LogP contribution is 2.23. The first-order valence-corrected chi connectivity index (χ1v) is 10.1. The van der Waals surface area contributed by atoms with Gasteiger partial charge in [0.15, 0.2) is 0 Å². The Kier molecular flexibility index (Phi) is 5.19. The first-order valence-electron chi connectivity index (χ1n) is 8.58. The number of hydrogen-bond donors (Lipinski definition) is 3. The van der Waals surface area contributed by atoms with Gasteiger partial charge >= 0.3 is 0 Å². The molecule has 0 fully saturated rings. The Labute approximate surface area is 162 Å². The minimum atomic E-state index is -3.96. The van der Waals surface area contributed by atoms with Gasteiger partial charge in [0.1, 0.15) is 0 Å². The summed E-state index contributed by atoms with van der Waals surface area (Å²) in [6.07, 6.45) is 0.392. The summed E-state index contributed by atoms with van der Waals surface area (Å²) < 4.78 is 27.6. The zero-order valence-electron chi connectivity index (χ0n) is 15.3. The van der Waals surface area contributed by atoms with E-state index in [1.807, 2.05) is 13.8 Å². The first-order chi connectivity index (χ1) is 13.2. The van der Waals surface area contributed by atoms with Gasteiger partial charge in [0.25, 0.3) is 21.8 Å². The number of carbonyl (C=O) groups excluding carboxylic acids is 3. The van der Waals surface area contributed by atoms with Crippen LogP contribution in [0, 0.1) is 5.92 Å². The summed E-state index contributed by atoms with van der Waals surface area (Å²) in [5.74, 6) is -1.06. The summed E-state index contributed by atoms with van der Waals surface area (Å²) >= 11 is 0. The van der Waals surface area contributed by atoms with Crippen LogP contribution in [0.3, 0.4) is 0 Å². The van der Waals surface area contributed by atoms with Gasteiger partial charge in [0.2, 0.25) is 5.91 Å². The molecule has 0 aliphatic carbocycles. The Balaban J connectivity index is 1.74. The van der Waals surface area contributed by atoms with E-state index in [1.54, 1.807) is 12.1 Å². The van der Waals surface area contributed by atoms with Crippen molar-refractivity contribution in [3.63, 3.8) is 0 Å². The predicted octanol–water partition coefficient (Wildman–Crippen LogP) is 2.36. The highest BCUT2D eigenvalue weighted by atomic mass is 32.2. The Morgan fingerprint density at radius 1 is 0.964 bits per heavy atom. The SMILES string of the molecule is CC(C)CC(=O)Nc1ccc(NS(=O)(=O)c2ccc3c(c2)C(=O)NC3=O)cc1. The molecule has 0 saturated carbocycles. The van der Waals surface area contributed by atoms with E-state index >= 15 is 0 Å². The number of nitrogens with one attached hydrogen (secondary N) is 3. The molecular weight excluding hydrogens is 382 g/mol. The molecule has 9 heteroatoms. The molecule has 0 spiro atoms. The van der Waals surface area contributed by atoms with Gasteiger partial charge in [-0.3, -0.25) is 24.4 Å². The topological polar surface area (TPSA) is 121 Å². The van der Waals surface area contributed by atoms with E-state index in [-0.39, 0.29) is 27.8 Å². The van der Waals surface area contributed by atoms with E-state index < -0.39 is 21.8 Å². The average Bonchev–Trinajstić information content (AvgIpc) is 2.89. The van der Waals surface area contributed by atoms with Crippen LogP contribution in [0.15, 0.2) is 47.4 Å². The second-order valence-corrected chi connectivity index (χ2v) is 8.50. The lowest BCUT2D eigenvalue weighted by Crippen LogP contribution is -2.19. The van der Waals surface area contributed by atoms with E-state index in [2.05, 4.69) is 15.4 Å². The lowest BCUT2D eigenvalue weighted by Gasteiger charge is -2.11. The molecule has 3 N–H and O–H groups in total. The van der Waals surface area contributed by atoms with Gasteiger partial charge in [-0.05, 0) is 48.4 Å². The smallest absolute Gasteiger partial charge is 0.261 e. The van der Waals surface area contributed by atoms with E-state index in [0.717, 1.165) is 0 Å². The second kappa shape index (κ2) is 7.43. The fourth-order valence-electron chi connectivity index (χ4n) is 2.73. The molecule has 0 bridgehead atoms. The molecule has 1 aliphatic heterocycles. The summed E-state index contributed by atoms with van der Waals surface area (Å²) in [5, 5.41) is 4.86. The molecule has 3 rings (SSSR count). The first kappa shape index (κ1) is 19.6. The minimum absolute atomic E-state index is 0.0242. The number of imide groups is 1. The van der Waals surface area contributed by atoms with Crippen molar-refractivity contribution >= 4 is 39.1 Å². The molecular formula is C19H19N3O5S. The number of rotatable bonds is 6. The monoisotopic (exact) mass is 401 g/mol. The molecule has 2 aromatic carbocycles. The Hall–Kier alpha value is -3.20. The number of carbonyl (C=O) groups is 3. The van der Waals surface area contributed by atoms with Crippen molar-refractivity contribution in [3.05, 3.63) is 53.6 Å². The van der Waals surface area contributed by atoms with Crippen molar-refractivity contribution in [2.45, 2.75) is 25.2 Å². The van der Waals surface area contributed by atoms with Gasteiger partial charge in [-0.25, -0.2) is 8.42 Å². The van der Waals surface area contributed by atoms with E-state index in [4.69, 9.17) is 0 Å². The Morgan fingerprint density at radius 3 is 2.21 bits per heavy atom. The molecule has 1 aliphatic rings. The normalized spacial score (nSPS) is 13.2. The second-order valence-electron chi connectivity index (χ2n) is 6.82. The maximum Gasteiger partial charge on any atom is 0.261 e. The van der Waals surface area contributed by atoms with Gasteiger partial charge in [-0.2, -0.15) is 0 Å². The van der Waals surface area contributed by atoms with Gasteiger partial charge in [-0.15, -0.1) is 0 Å². The van der Waals surface area contributed by atoms with Crippen LogP contribution in [0.4, 0.5) is 11.4 Å². The largest absolute Gasteiger partial charge is 0.326 e. The summed E-state index contributed by atoms with van der Waals surface area (Å²) in [6.45, 7) is 3.88. The number of fused-ring (bicyclic) bond motifs is 1. The van der Waals surface area contributed by atoms with Crippen LogP contribution in [0.2, 0.25) is 0 Å². The molecule has 0 atom stereocenters. The van der Waals surface area contributed by atoms with Crippen molar-refractivity contribution in [2.75, 3.05) is 10.0 Å². The van der Waals surface area contributed by atoms with Gasteiger partial charge < -0.3 is 5.32 Å². The minimum Gasteiger partial charge on any atom is -0.326 e. The number of amides is 3. The summed E-state index contributed by atoms with van der Waals surface area (Å²) in [4.78, 5) is 34.9. The van der Waals surface area contributed by atoms with E-state index in [1.165, 1.54) is 30.3 Å². The number of hydrogen-bond acceptors (Lipinski definition) is 5. The Bertz CT molecular complexity index is 1060. The van der Waals surface area contributed by atoms with Crippen LogP contribution >= 0.6 is 0 Å². The van der Waals surface area contributed by atoms with Crippen molar-refractivity contribution < 1.29 is 22.8 Å². The quantitative estimate of drug-likeness (QED) is 0.642. The standard InChI is InChI=1S/C19H19N3O5S/c1-11(2)9-17(23)20-12-3-5-13(6-4-12)22-28(26,27)14-7-8-15-16(10-14)19(25)21-18(15)24/h3-8,10-11,22H,9H2,1-2H3,(H,20,23)(H,21,24,25). The van der Waals surface area contributed by atoms with Gasteiger partial charge in [0.05, 0.1) is 16.0 Å². The van der Waals surface area contributed by atoms with Crippen LogP contribution in [-0.4, -0.2) is 26.1 Å². The zero-order chi connectivity index (χ0) is 20.5. The van der Waals surface area contributed by atoms with Crippen molar-refractivity contribution in [2.24, 2.45) is 5.92 Å². The molecule has 146 valence electrons. The maximum absolute atomic E-state index is 12.6. The fraction of sp³-hybridized carbons (Fsp3) is 0.211. The van der Waals surface area contributed by atoms with Crippen molar-refractivity contribution in [1.29, 1.82) is 0 Å². The van der Waals surface area contributed by atoms with Gasteiger partial charge in [-0.1, -0.05) is 13.8 Å². The molecule has 0 aromatic heterocycles. The number of benzene rings is 2. The van der Waals surface area contributed by atoms with Crippen LogP contribution in [0.1, 0.15) is 41.0 Å². The van der Waals surface area contributed by atoms with Crippen LogP contribution < -0.4 is 15.4 Å². The van der Waals surface area contributed by atoms with Gasteiger partial charge in [0, 0.05) is 17.8 Å². The van der Waals surface area contributed by atoms with Crippen LogP contribution in [-0.2, 0) is 14.8 Å². The Morgan fingerprint density at radius 2 is 1.57 bits per heavy atom. The van der Waals surface area contributed by atoms with Crippen molar-refractivity contribution in [1.82, 2.24) is 5.32 Å². The van der Waals surface area contributed by atoms with Crippen molar-refractivity contribution in [3.8, 4) is 0 Å². The molecule has 28 heavy (non-hydrogen) atoms. The highest BCUT2D eigenvalue weighted by Gasteiger charge is 2.28. The molecule has 2 aromatic rings. The third kappa shape index (κ3) is 4.20. The molecule has 3 amide bonds. The number of anilines is 2.